The summed E-state index contributed by atoms with van der Waals surface area (Å²) in [6, 6.07) is 7.29. The van der Waals surface area contributed by atoms with Gasteiger partial charge >= 0.3 is 13.7 Å². The number of nitrogens with two attached hydrogens (primary N) is 1. The molecule has 0 spiro atoms. The number of hydrogen-bond acceptors (Lipinski definition) is 13. The highest BCUT2D eigenvalue weighted by molar-refractivity contribution is 7.52. The predicted octanol–water partition coefficient (Wildman–Crippen LogP) is 1.88. The van der Waals surface area contributed by atoms with E-state index in [1.165, 1.54) is 13.3 Å². The molecule has 5 N–H and O–H groups in total. The van der Waals surface area contributed by atoms with Crippen molar-refractivity contribution in [3.8, 4) is 5.75 Å². The number of aliphatic imine (C=N–C) groups is 2. The van der Waals surface area contributed by atoms with E-state index >= 15 is 0 Å². The van der Waals surface area contributed by atoms with E-state index in [1.54, 1.807) is 42.3 Å². The molecule has 234 valence electrons. The number of rotatable bonds is 12. The molecule has 4 aliphatic rings. The van der Waals surface area contributed by atoms with Gasteiger partial charge in [-0.2, -0.15) is 10.2 Å². The average Bonchev–Trinajstić information content (AvgIpc) is 3.68. The number of hydrazone groups is 1. The van der Waals surface area contributed by atoms with Crippen molar-refractivity contribution in [2.24, 2.45) is 20.8 Å². The Morgan fingerprint density at radius 1 is 1.33 bits per heavy atom. The lowest BCUT2D eigenvalue weighted by molar-refractivity contribution is -0.157. The summed E-state index contributed by atoms with van der Waals surface area (Å²) in [4.78, 5) is 20.9. The maximum absolute atomic E-state index is 14.1. The van der Waals surface area contributed by atoms with Crippen molar-refractivity contribution in [2.45, 2.75) is 87.5 Å². The van der Waals surface area contributed by atoms with Crippen molar-refractivity contribution in [1.82, 2.24) is 10.1 Å². The van der Waals surface area contributed by atoms with E-state index < -0.39 is 55.8 Å². The van der Waals surface area contributed by atoms with Gasteiger partial charge in [-0.25, -0.2) is 9.56 Å². The first-order valence-corrected chi connectivity index (χ1v) is 15.9. The molecule has 1 aromatic carbocycles. The Morgan fingerprint density at radius 3 is 2.74 bits per heavy atom. The van der Waals surface area contributed by atoms with E-state index in [2.05, 4.69) is 26.9 Å². The first-order valence-electron chi connectivity index (χ1n) is 14.3. The molecule has 2 unspecified atom stereocenters. The maximum atomic E-state index is 14.1. The molecule has 14 nitrogen and oxygen atoms in total. The van der Waals surface area contributed by atoms with E-state index in [0.29, 0.717) is 12.1 Å². The van der Waals surface area contributed by atoms with E-state index in [9.17, 15) is 19.6 Å². The monoisotopic (exact) mass is 618 g/mol. The molecule has 1 saturated carbocycles. The van der Waals surface area contributed by atoms with E-state index in [-0.39, 0.29) is 24.2 Å². The second-order valence-corrected chi connectivity index (χ2v) is 13.1. The minimum Gasteiger partial charge on any atom is -0.461 e. The molecule has 3 heterocycles. The highest BCUT2D eigenvalue weighted by Gasteiger charge is 2.67. The van der Waals surface area contributed by atoms with E-state index in [1.807, 2.05) is 6.08 Å². The van der Waals surface area contributed by atoms with Gasteiger partial charge in [0.05, 0.1) is 24.4 Å². The summed E-state index contributed by atoms with van der Waals surface area (Å²) in [5.41, 5.74) is 4.03. The molecule has 1 aliphatic carbocycles. The third-order valence-electron chi connectivity index (χ3n) is 8.49. The molecule has 0 aromatic heterocycles. The average molecular weight is 619 g/mol. The molecule has 0 amide bonds. The van der Waals surface area contributed by atoms with Crippen LogP contribution >= 0.6 is 7.75 Å². The number of esters is 1. The van der Waals surface area contributed by atoms with Crippen molar-refractivity contribution >= 4 is 32.6 Å². The van der Waals surface area contributed by atoms with Crippen LogP contribution in [0.25, 0.3) is 0 Å². The molecule has 7 atom stereocenters. The first kappa shape index (κ1) is 31.3. The minimum atomic E-state index is -4.26. The molecular weight excluding hydrogens is 579 g/mol. The number of fused-ring (bicyclic) bond motifs is 1. The Hall–Kier alpha value is -3.13. The van der Waals surface area contributed by atoms with Gasteiger partial charge in [0.2, 0.25) is 0 Å². The van der Waals surface area contributed by atoms with Crippen LogP contribution in [0.5, 0.6) is 5.75 Å². The van der Waals surface area contributed by atoms with Gasteiger partial charge < -0.3 is 29.9 Å². The van der Waals surface area contributed by atoms with Crippen molar-refractivity contribution < 1.29 is 38.1 Å². The van der Waals surface area contributed by atoms with Crippen LogP contribution in [0.2, 0.25) is 0 Å². The SMILES string of the molecule is C=NC[C@@]1(C2(C)CC=C3C(N)=NC=NN32)O[C@H](COP(=O)(N[C@@H](C)C(=O)OC2CCCC2)Oc2ccccc2)[C@@H](O)[C@H]1O. The van der Waals surface area contributed by atoms with Crippen LogP contribution in [0.1, 0.15) is 46.0 Å². The highest BCUT2D eigenvalue weighted by Crippen LogP contribution is 2.51. The normalized spacial score (nSPS) is 32.5. The summed E-state index contributed by atoms with van der Waals surface area (Å²) in [6.45, 7) is 6.33. The molecule has 15 heteroatoms. The van der Waals surface area contributed by atoms with Crippen molar-refractivity contribution in [3.05, 3.63) is 42.1 Å². The van der Waals surface area contributed by atoms with Crippen LogP contribution in [0.15, 0.2) is 57.2 Å². The Labute approximate surface area is 250 Å². The third-order valence-corrected chi connectivity index (χ3v) is 10.1. The molecule has 43 heavy (non-hydrogen) atoms. The van der Waals surface area contributed by atoms with Gasteiger partial charge in [0.25, 0.3) is 0 Å². The second-order valence-electron chi connectivity index (χ2n) is 11.4. The smallest absolute Gasteiger partial charge is 0.459 e. The van der Waals surface area contributed by atoms with Crippen molar-refractivity contribution in [3.63, 3.8) is 0 Å². The summed E-state index contributed by atoms with van der Waals surface area (Å²) < 4.78 is 37.5. The number of hydrogen-bond donors (Lipinski definition) is 4. The zero-order chi connectivity index (χ0) is 30.8. The largest absolute Gasteiger partial charge is 0.461 e. The number of para-hydroxylation sites is 1. The molecule has 0 radical (unpaired) electrons. The molecule has 0 bridgehead atoms. The van der Waals surface area contributed by atoms with Crippen LogP contribution in [-0.2, 0) is 23.4 Å². The van der Waals surface area contributed by atoms with Gasteiger partial charge in [-0.05, 0) is 64.8 Å². The zero-order valence-electron chi connectivity index (χ0n) is 24.2. The van der Waals surface area contributed by atoms with E-state index in [4.69, 9.17) is 24.3 Å². The van der Waals surface area contributed by atoms with Crippen LogP contribution in [0.3, 0.4) is 0 Å². The van der Waals surface area contributed by atoms with Crippen LogP contribution in [-0.4, -0.2) is 94.8 Å². The number of benzene rings is 1. The lowest BCUT2D eigenvalue weighted by Crippen LogP contribution is -2.66. The molecule has 1 aromatic rings. The second kappa shape index (κ2) is 12.5. The third kappa shape index (κ3) is 6.00. The number of nitrogens with one attached hydrogen (secondary N) is 1. The summed E-state index contributed by atoms with van der Waals surface area (Å²) in [6.07, 6.45) is 2.69. The van der Waals surface area contributed by atoms with Crippen LogP contribution in [0.4, 0.5) is 0 Å². The Balaban J connectivity index is 1.34. The van der Waals surface area contributed by atoms with Gasteiger partial charge in [0, 0.05) is 0 Å². The fourth-order valence-corrected chi connectivity index (χ4v) is 7.57. The molecule has 5 rings (SSSR count). The number of aliphatic hydroxyl groups is 2. The molecule has 1 saturated heterocycles. The summed E-state index contributed by atoms with van der Waals surface area (Å²) >= 11 is 0. The lowest BCUT2D eigenvalue weighted by Gasteiger charge is -2.49. The first-order chi connectivity index (χ1) is 20.5. The fraction of sp³-hybridized carbons (Fsp3) is 0.571. The summed E-state index contributed by atoms with van der Waals surface area (Å²) in [5.74, 6) is -0.107. The number of carbonyl (C=O) groups is 1. The topological polar surface area (TPSA) is 190 Å². The van der Waals surface area contributed by atoms with Gasteiger partial charge in [-0.15, -0.1) is 0 Å². The van der Waals surface area contributed by atoms with Crippen molar-refractivity contribution in [1.29, 1.82) is 0 Å². The maximum Gasteiger partial charge on any atom is 0.459 e. The standard InChI is InChI=1S/C28H39N6O8P/c1-18(26(37)40-19-9-7-8-10-19)33-43(38,42-20-11-5-4-6-12-20)39-15-22-23(35)24(36)28(41-22,16-30-3)27(2)14-13-21-25(29)31-17-32-34(21)27/h4-6,11-13,17-19,22-24,35-36H,3,7-10,14-16H2,1-2H3,(H,33,38)(H2,29,31,32)/t18-,22+,23+,24+,27?,28+,43?/m0/s1. The zero-order valence-corrected chi connectivity index (χ0v) is 25.1. The molecular formula is C28H39N6O8P. The van der Waals surface area contributed by atoms with Gasteiger partial charge in [0.1, 0.15) is 48.1 Å². The minimum absolute atomic E-state index is 0.108. The quantitative estimate of drug-likeness (QED) is 0.152. The lowest BCUT2D eigenvalue weighted by atomic mass is 9.75. The Bertz CT molecular complexity index is 1340. The van der Waals surface area contributed by atoms with Gasteiger partial charge in [0.15, 0.2) is 5.84 Å². The van der Waals surface area contributed by atoms with Crippen molar-refractivity contribution in [2.75, 3.05) is 13.2 Å². The summed E-state index contributed by atoms with van der Waals surface area (Å²) in [7, 11) is -4.26. The number of nitrogens with zero attached hydrogens (tertiary/aromatic N) is 4. The molecule has 2 fully saturated rings. The van der Waals surface area contributed by atoms with E-state index in [0.717, 1.165) is 25.7 Å². The van der Waals surface area contributed by atoms with Gasteiger partial charge in [-0.3, -0.25) is 19.3 Å². The summed E-state index contributed by atoms with van der Waals surface area (Å²) in [5, 5.41) is 31.3. The number of aliphatic hydroxyl groups excluding tert-OH is 2. The van der Waals surface area contributed by atoms with Gasteiger partial charge in [-0.1, -0.05) is 24.3 Å². The Kier molecular flexibility index (Phi) is 9.07. The number of carbonyl (C=O) groups excluding carboxylic acids is 1. The van der Waals surface area contributed by atoms with Crippen LogP contribution < -0.4 is 15.3 Å². The predicted molar refractivity (Wildman–Crippen MR) is 159 cm³/mol. The molecule has 3 aliphatic heterocycles. The van der Waals surface area contributed by atoms with Crippen LogP contribution in [0, 0.1) is 0 Å². The fourth-order valence-electron chi connectivity index (χ4n) is 6.07. The highest BCUT2D eigenvalue weighted by atomic mass is 31.2. The Morgan fingerprint density at radius 2 is 2.05 bits per heavy atom. The number of amidine groups is 1. The number of ether oxygens (including phenoxy) is 2.